The molecule has 2 aromatic rings. The standard InChI is InChI=1S/C19H18O3/c1-13-6-8-15(9-7-13)12-21-17-5-3-4-16(11-17)18-10-14(2)19(20)22-18/h3-9,11,18H,2,10,12H2,1H3. The van der Waals surface area contributed by atoms with Crippen molar-refractivity contribution in [3.63, 3.8) is 0 Å². The molecule has 1 atom stereocenters. The van der Waals surface area contributed by atoms with Crippen molar-refractivity contribution < 1.29 is 14.3 Å². The zero-order chi connectivity index (χ0) is 15.5. The summed E-state index contributed by atoms with van der Waals surface area (Å²) in [7, 11) is 0. The quantitative estimate of drug-likeness (QED) is 0.628. The fourth-order valence-corrected chi connectivity index (χ4v) is 2.40. The van der Waals surface area contributed by atoms with E-state index in [1.807, 2.05) is 24.3 Å². The number of carbonyl (C=O) groups excluding carboxylic acids is 1. The Bertz CT molecular complexity index is 685. The van der Waals surface area contributed by atoms with Crippen molar-refractivity contribution in [3.8, 4) is 5.75 Å². The van der Waals surface area contributed by atoms with Crippen LogP contribution in [0.25, 0.3) is 0 Å². The molecule has 1 saturated heterocycles. The third-order valence-electron chi connectivity index (χ3n) is 3.73. The summed E-state index contributed by atoms with van der Waals surface area (Å²) in [6.07, 6.45) is 0.295. The van der Waals surface area contributed by atoms with E-state index in [0.717, 1.165) is 16.9 Å². The molecule has 2 aromatic carbocycles. The van der Waals surface area contributed by atoms with Gasteiger partial charge in [0, 0.05) is 12.0 Å². The summed E-state index contributed by atoms with van der Waals surface area (Å²) in [6, 6.07) is 15.9. The number of aryl methyl sites for hydroxylation is 1. The summed E-state index contributed by atoms with van der Waals surface area (Å²) in [5.41, 5.74) is 3.81. The van der Waals surface area contributed by atoms with Crippen molar-refractivity contribution >= 4 is 5.97 Å². The highest BCUT2D eigenvalue weighted by molar-refractivity contribution is 5.90. The van der Waals surface area contributed by atoms with Gasteiger partial charge >= 0.3 is 5.97 Å². The van der Waals surface area contributed by atoms with E-state index in [0.29, 0.717) is 18.6 Å². The first-order valence-corrected chi connectivity index (χ1v) is 7.29. The summed E-state index contributed by atoms with van der Waals surface area (Å²) >= 11 is 0. The first-order valence-electron chi connectivity index (χ1n) is 7.29. The molecule has 0 aromatic heterocycles. The third kappa shape index (κ3) is 3.19. The highest BCUT2D eigenvalue weighted by atomic mass is 16.5. The van der Waals surface area contributed by atoms with Crippen LogP contribution in [0.4, 0.5) is 0 Å². The lowest BCUT2D eigenvalue weighted by atomic mass is 10.0. The summed E-state index contributed by atoms with van der Waals surface area (Å²) in [4.78, 5) is 11.4. The SMILES string of the molecule is C=C1CC(c2cccc(OCc3ccc(C)cc3)c2)OC1=O. The van der Waals surface area contributed by atoms with Crippen LogP contribution in [0.5, 0.6) is 5.75 Å². The maximum atomic E-state index is 11.4. The summed E-state index contributed by atoms with van der Waals surface area (Å²) in [5, 5.41) is 0. The molecule has 1 unspecified atom stereocenters. The lowest BCUT2D eigenvalue weighted by Gasteiger charge is -2.12. The Labute approximate surface area is 130 Å². The van der Waals surface area contributed by atoms with Crippen molar-refractivity contribution in [1.29, 1.82) is 0 Å². The maximum Gasteiger partial charge on any atom is 0.334 e. The predicted molar refractivity (Wildman–Crippen MR) is 84.5 cm³/mol. The van der Waals surface area contributed by atoms with Crippen LogP contribution >= 0.6 is 0 Å². The maximum absolute atomic E-state index is 11.4. The molecule has 0 radical (unpaired) electrons. The molecule has 1 fully saturated rings. The minimum absolute atomic E-state index is 0.247. The third-order valence-corrected chi connectivity index (χ3v) is 3.73. The number of carbonyl (C=O) groups is 1. The van der Waals surface area contributed by atoms with Gasteiger partial charge in [0.1, 0.15) is 18.5 Å². The minimum Gasteiger partial charge on any atom is -0.489 e. The molecule has 0 saturated carbocycles. The fourth-order valence-electron chi connectivity index (χ4n) is 2.40. The van der Waals surface area contributed by atoms with E-state index in [9.17, 15) is 4.79 Å². The Hall–Kier alpha value is -2.55. The second-order valence-electron chi connectivity index (χ2n) is 5.55. The molecule has 1 aliphatic rings. The molecule has 22 heavy (non-hydrogen) atoms. The molecular formula is C19H18O3. The molecule has 0 amide bonds. The van der Waals surface area contributed by atoms with E-state index in [4.69, 9.17) is 9.47 Å². The average molecular weight is 294 g/mol. The number of rotatable bonds is 4. The summed E-state index contributed by atoms with van der Waals surface area (Å²) < 4.78 is 11.1. The van der Waals surface area contributed by atoms with Gasteiger partial charge in [-0.3, -0.25) is 0 Å². The summed E-state index contributed by atoms with van der Waals surface area (Å²) in [5.74, 6) is 0.461. The van der Waals surface area contributed by atoms with Gasteiger partial charge in [-0.05, 0) is 30.2 Å². The van der Waals surface area contributed by atoms with Crippen LogP contribution in [0, 0.1) is 6.92 Å². The van der Waals surface area contributed by atoms with Crippen LogP contribution in [0.2, 0.25) is 0 Å². The van der Waals surface area contributed by atoms with Crippen molar-refractivity contribution in [2.75, 3.05) is 0 Å². The second-order valence-corrected chi connectivity index (χ2v) is 5.55. The van der Waals surface area contributed by atoms with Gasteiger partial charge in [-0.2, -0.15) is 0 Å². The normalized spacial score (nSPS) is 17.4. The van der Waals surface area contributed by atoms with Gasteiger partial charge in [-0.15, -0.1) is 0 Å². The molecule has 0 spiro atoms. The average Bonchev–Trinajstić information content (AvgIpc) is 2.87. The van der Waals surface area contributed by atoms with Gasteiger partial charge in [0.05, 0.1) is 0 Å². The van der Waals surface area contributed by atoms with Crippen molar-refractivity contribution in [1.82, 2.24) is 0 Å². The van der Waals surface area contributed by atoms with E-state index in [-0.39, 0.29) is 12.1 Å². The van der Waals surface area contributed by atoms with Crippen molar-refractivity contribution in [2.24, 2.45) is 0 Å². The van der Waals surface area contributed by atoms with Gasteiger partial charge in [0.2, 0.25) is 0 Å². The molecule has 3 rings (SSSR count). The number of cyclic esters (lactones) is 1. The van der Waals surface area contributed by atoms with E-state index in [1.165, 1.54) is 5.56 Å². The van der Waals surface area contributed by atoms with Crippen molar-refractivity contribution in [2.45, 2.75) is 26.1 Å². The van der Waals surface area contributed by atoms with Crippen LogP contribution in [0.15, 0.2) is 60.7 Å². The number of benzene rings is 2. The van der Waals surface area contributed by atoms with Gasteiger partial charge in [0.25, 0.3) is 0 Å². The highest BCUT2D eigenvalue weighted by Crippen LogP contribution is 2.33. The molecule has 3 nitrogen and oxygen atoms in total. The topological polar surface area (TPSA) is 35.5 Å². The molecule has 3 heteroatoms. The van der Waals surface area contributed by atoms with Gasteiger partial charge in [0.15, 0.2) is 0 Å². The zero-order valence-electron chi connectivity index (χ0n) is 12.5. The Kier molecular flexibility index (Phi) is 3.96. The van der Waals surface area contributed by atoms with Crippen molar-refractivity contribution in [3.05, 3.63) is 77.4 Å². The number of hydrogen-bond donors (Lipinski definition) is 0. The van der Waals surface area contributed by atoms with Crippen LogP contribution < -0.4 is 4.74 Å². The van der Waals surface area contributed by atoms with Crippen LogP contribution in [0.1, 0.15) is 29.2 Å². The smallest absolute Gasteiger partial charge is 0.334 e. The van der Waals surface area contributed by atoms with E-state index < -0.39 is 0 Å². The van der Waals surface area contributed by atoms with Gasteiger partial charge < -0.3 is 9.47 Å². The highest BCUT2D eigenvalue weighted by Gasteiger charge is 2.28. The molecule has 0 N–H and O–H groups in total. The Morgan fingerprint density at radius 3 is 2.68 bits per heavy atom. The predicted octanol–water partition coefficient (Wildman–Crippen LogP) is 4.12. The molecule has 1 aliphatic heterocycles. The van der Waals surface area contributed by atoms with Crippen LogP contribution in [-0.4, -0.2) is 5.97 Å². The summed E-state index contributed by atoms with van der Waals surface area (Å²) in [6.45, 7) is 6.29. The van der Waals surface area contributed by atoms with E-state index in [2.05, 4.69) is 37.8 Å². The lowest BCUT2D eigenvalue weighted by molar-refractivity contribution is -0.139. The van der Waals surface area contributed by atoms with E-state index in [1.54, 1.807) is 0 Å². The van der Waals surface area contributed by atoms with Gasteiger partial charge in [-0.25, -0.2) is 4.79 Å². The Balaban J connectivity index is 1.67. The van der Waals surface area contributed by atoms with Crippen LogP contribution in [0.3, 0.4) is 0 Å². The molecule has 0 bridgehead atoms. The van der Waals surface area contributed by atoms with Gasteiger partial charge in [-0.1, -0.05) is 48.5 Å². The molecular weight excluding hydrogens is 276 g/mol. The first-order chi connectivity index (χ1) is 10.6. The molecule has 1 heterocycles. The molecule has 0 aliphatic carbocycles. The Morgan fingerprint density at radius 1 is 1.23 bits per heavy atom. The van der Waals surface area contributed by atoms with Crippen LogP contribution in [-0.2, 0) is 16.1 Å². The lowest BCUT2D eigenvalue weighted by Crippen LogP contribution is -2.00. The molecule has 112 valence electrons. The minimum atomic E-state index is -0.309. The number of ether oxygens (including phenoxy) is 2. The zero-order valence-corrected chi connectivity index (χ0v) is 12.5. The Morgan fingerprint density at radius 2 is 2.00 bits per heavy atom. The van der Waals surface area contributed by atoms with E-state index >= 15 is 0 Å². The first kappa shape index (κ1) is 14.4. The second kappa shape index (κ2) is 6.06. The largest absolute Gasteiger partial charge is 0.489 e. The number of esters is 1. The monoisotopic (exact) mass is 294 g/mol. The number of hydrogen-bond acceptors (Lipinski definition) is 3. The fraction of sp³-hybridized carbons (Fsp3) is 0.211.